The number of halogens is 1. The minimum Gasteiger partial charge on any atom is -0.362 e. The first-order chi connectivity index (χ1) is 9.65. The van der Waals surface area contributed by atoms with E-state index in [-0.39, 0.29) is 5.82 Å². The second-order valence-corrected chi connectivity index (χ2v) is 4.99. The Morgan fingerprint density at radius 2 is 1.90 bits per heavy atom. The maximum Gasteiger partial charge on any atom is 0.170 e. The Bertz CT molecular complexity index is 584. The Balaban J connectivity index is 1.79. The Labute approximate surface area is 124 Å². The van der Waals surface area contributed by atoms with Crippen molar-refractivity contribution in [3.8, 4) is 0 Å². The third-order valence-corrected chi connectivity index (χ3v) is 3.22. The van der Waals surface area contributed by atoms with Crippen molar-refractivity contribution in [2.45, 2.75) is 13.3 Å². The van der Waals surface area contributed by atoms with Crippen LogP contribution in [0.3, 0.4) is 0 Å². The van der Waals surface area contributed by atoms with Crippen LogP contribution in [0.1, 0.15) is 11.1 Å². The fourth-order valence-electron chi connectivity index (χ4n) is 1.81. The smallest absolute Gasteiger partial charge is 0.170 e. The van der Waals surface area contributed by atoms with Crippen molar-refractivity contribution in [2.75, 3.05) is 11.9 Å². The van der Waals surface area contributed by atoms with Gasteiger partial charge in [-0.05, 0) is 48.8 Å². The molecule has 0 saturated carbocycles. The summed E-state index contributed by atoms with van der Waals surface area (Å²) in [5.74, 6) is -0.234. The van der Waals surface area contributed by atoms with Gasteiger partial charge in [0, 0.05) is 12.2 Å². The van der Waals surface area contributed by atoms with Gasteiger partial charge in [-0.15, -0.1) is 0 Å². The first kappa shape index (κ1) is 14.5. The fraction of sp³-hybridized carbons (Fsp3) is 0.188. The lowest BCUT2D eigenvalue weighted by Gasteiger charge is -2.11. The summed E-state index contributed by atoms with van der Waals surface area (Å²) in [6, 6.07) is 15.2. The number of benzene rings is 2. The normalized spacial score (nSPS) is 10.1. The Morgan fingerprint density at radius 1 is 1.15 bits per heavy atom. The quantitative estimate of drug-likeness (QED) is 0.840. The van der Waals surface area contributed by atoms with Gasteiger partial charge in [0.25, 0.3) is 0 Å². The Hall–Kier alpha value is -1.94. The van der Waals surface area contributed by atoms with Crippen molar-refractivity contribution >= 4 is 23.0 Å². The van der Waals surface area contributed by atoms with Gasteiger partial charge < -0.3 is 10.6 Å². The van der Waals surface area contributed by atoms with Crippen molar-refractivity contribution in [1.29, 1.82) is 0 Å². The van der Waals surface area contributed by atoms with E-state index in [0.29, 0.717) is 16.4 Å². The molecule has 0 spiro atoms. The van der Waals surface area contributed by atoms with Gasteiger partial charge in [-0.2, -0.15) is 0 Å². The molecule has 0 bridgehead atoms. The molecular formula is C16H17FN2S. The number of rotatable bonds is 4. The fourth-order valence-corrected chi connectivity index (χ4v) is 2.03. The van der Waals surface area contributed by atoms with Gasteiger partial charge in [-0.1, -0.05) is 36.4 Å². The molecule has 0 atom stereocenters. The SMILES string of the molecule is Cc1ccc(NC(=S)NCCc2ccccc2)cc1F. The van der Waals surface area contributed by atoms with Crippen LogP contribution < -0.4 is 10.6 Å². The maximum absolute atomic E-state index is 13.4. The standard InChI is InChI=1S/C16H17FN2S/c1-12-7-8-14(11-15(12)17)19-16(20)18-10-9-13-5-3-2-4-6-13/h2-8,11H,9-10H2,1H3,(H2,18,19,20). The molecule has 0 aromatic heterocycles. The van der Waals surface area contributed by atoms with Crippen LogP contribution in [0, 0.1) is 12.7 Å². The molecule has 0 aliphatic heterocycles. The van der Waals surface area contributed by atoms with Gasteiger partial charge in [-0.25, -0.2) is 4.39 Å². The summed E-state index contributed by atoms with van der Waals surface area (Å²) < 4.78 is 13.4. The molecular weight excluding hydrogens is 271 g/mol. The summed E-state index contributed by atoms with van der Waals surface area (Å²) in [4.78, 5) is 0. The second kappa shape index (κ2) is 7.01. The van der Waals surface area contributed by atoms with Gasteiger partial charge in [0.2, 0.25) is 0 Å². The molecule has 2 rings (SSSR count). The second-order valence-electron chi connectivity index (χ2n) is 4.58. The van der Waals surface area contributed by atoms with Crippen LogP contribution in [-0.2, 0) is 6.42 Å². The minimum absolute atomic E-state index is 0.234. The van der Waals surface area contributed by atoms with E-state index in [9.17, 15) is 4.39 Å². The van der Waals surface area contributed by atoms with Crippen molar-refractivity contribution in [1.82, 2.24) is 5.32 Å². The van der Waals surface area contributed by atoms with E-state index in [1.165, 1.54) is 11.6 Å². The number of aryl methyl sites for hydroxylation is 1. The molecule has 2 nitrogen and oxygen atoms in total. The van der Waals surface area contributed by atoms with Gasteiger partial charge >= 0.3 is 0 Å². The molecule has 0 heterocycles. The molecule has 2 N–H and O–H groups in total. The lowest BCUT2D eigenvalue weighted by atomic mass is 10.1. The highest BCUT2D eigenvalue weighted by Gasteiger charge is 2.01. The molecule has 0 amide bonds. The maximum atomic E-state index is 13.4. The number of nitrogens with one attached hydrogen (secondary N) is 2. The van der Waals surface area contributed by atoms with Crippen LogP contribution in [0.15, 0.2) is 48.5 Å². The molecule has 0 fully saturated rings. The van der Waals surface area contributed by atoms with Crippen molar-refractivity contribution < 1.29 is 4.39 Å². The van der Waals surface area contributed by atoms with Gasteiger partial charge in [-0.3, -0.25) is 0 Å². The number of anilines is 1. The molecule has 104 valence electrons. The highest BCUT2D eigenvalue weighted by molar-refractivity contribution is 7.80. The molecule has 20 heavy (non-hydrogen) atoms. The van der Waals surface area contributed by atoms with Gasteiger partial charge in [0.05, 0.1) is 0 Å². The van der Waals surface area contributed by atoms with E-state index in [4.69, 9.17) is 12.2 Å². The van der Waals surface area contributed by atoms with E-state index < -0.39 is 0 Å². The molecule has 2 aromatic rings. The summed E-state index contributed by atoms with van der Waals surface area (Å²) in [5.41, 5.74) is 2.54. The Morgan fingerprint density at radius 3 is 2.60 bits per heavy atom. The van der Waals surface area contributed by atoms with Crippen LogP contribution in [0.4, 0.5) is 10.1 Å². The van der Waals surface area contributed by atoms with Crippen LogP contribution in [0.25, 0.3) is 0 Å². The van der Waals surface area contributed by atoms with Gasteiger partial charge in [0.15, 0.2) is 5.11 Å². The van der Waals surface area contributed by atoms with Gasteiger partial charge in [0.1, 0.15) is 5.82 Å². The van der Waals surface area contributed by atoms with E-state index in [1.54, 1.807) is 13.0 Å². The highest BCUT2D eigenvalue weighted by atomic mass is 32.1. The third kappa shape index (κ3) is 4.31. The Kier molecular flexibility index (Phi) is 5.07. The molecule has 4 heteroatoms. The van der Waals surface area contributed by atoms with Crippen LogP contribution >= 0.6 is 12.2 Å². The molecule has 0 radical (unpaired) electrons. The lowest BCUT2D eigenvalue weighted by Crippen LogP contribution is -2.30. The molecule has 0 saturated heterocycles. The van der Waals surface area contributed by atoms with Crippen molar-refractivity contribution in [3.05, 3.63) is 65.5 Å². The minimum atomic E-state index is -0.234. The summed E-state index contributed by atoms with van der Waals surface area (Å²) in [5, 5.41) is 6.59. The average molecular weight is 288 g/mol. The predicted molar refractivity (Wildman–Crippen MR) is 85.5 cm³/mol. The zero-order valence-corrected chi connectivity index (χ0v) is 12.1. The number of thiocarbonyl (C=S) groups is 1. The summed E-state index contributed by atoms with van der Waals surface area (Å²) in [6.07, 6.45) is 0.894. The zero-order valence-electron chi connectivity index (χ0n) is 11.3. The molecule has 0 aliphatic rings. The zero-order chi connectivity index (χ0) is 14.4. The van der Waals surface area contributed by atoms with Crippen molar-refractivity contribution in [2.24, 2.45) is 0 Å². The van der Waals surface area contributed by atoms with Crippen LogP contribution in [0.2, 0.25) is 0 Å². The summed E-state index contributed by atoms with van der Waals surface area (Å²) >= 11 is 5.18. The van der Waals surface area contributed by atoms with Crippen molar-refractivity contribution in [3.63, 3.8) is 0 Å². The first-order valence-corrected chi connectivity index (χ1v) is 6.91. The largest absolute Gasteiger partial charge is 0.362 e. The lowest BCUT2D eigenvalue weighted by molar-refractivity contribution is 0.619. The molecule has 2 aromatic carbocycles. The number of hydrogen-bond acceptors (Lipinski definition) is 1. The van der Waals surface area contributed by atoms with Crippen LogP contribution in [0.5, 0.6) is 0 Å². The van der Waals surface area contributed by atoms with E-state index in [1.807, 2.05) is 24.3 Å². The topological polar surface area (TPSA) is 24.1 Å². The third-order valence-electron chi connectivity index (χ3n) is 2.97. The first-order valence-electron chi connectivity index (χ1n) is 6.50. The number of hydrogen-bond donors (Lipinski definition) is 2. The monoisotopic (exact) mass is 288 g/mol. The summed E-state index contributed by atoms with van der Waals surface area (Å²) in [7, 11) is 0. The van der Waals surface area contributed by atoms with E-state index in [2.05, 4.69) is 22.8 Å². The summed E-state index contributed by atoms with van der Waals surface area (Å²) in [6.45, 7) is 2.47. The molecule has 0 aliphatic carbocycles. The molecule has 0 unspecified atom stereocenters. The van der Waals surface area contributed by atoms with Crippen LogP contribution in [-0.4, -0.2) is 11.7 Å². The highest BCUT2D eigenvalue weighted by Crippen LogP contribution is 2.13. The van der Waals surface area contributed by atoms with E-state index >= 15 is 0 Å². The van der Waals surface area contributed by atoms with E-state index in [0.717, 1.165) is 13.0 Å². The average Bonchev–Trinajstić information content (AvgIpc) is 2.44. The predicted octanol–water partition coefficient (Wildman–Crippen LogP) is 3.66.